The molecule has 7 nitrogen and oxygen atoms in total. The van der Waals surface area contributed by atoms with Gasteiger partial charge in [-0.3, -0.25) is 0 Å². The lowest BCUT2D eigenvalue weighted by molar-refractivity contribution is 0.572. The minimum absolute atomic E-state index is 0. The molecule has 186 valence electrons. The first-order chi connectivity index (χ1) is 16.3. The van der Waals surface area contributed by atoms with Crippen molar-refractivity contribution in [2.75, 3.05) is 73.6 Å². The van der Waals surface area contributed by atoms with Crippen LogP contribution in [0, 0.1) is 11.3 Å². The normalized spacial score (nSPS) is 17.9. The number of nitriles is 1. The number of fused-ring (bicyclic) bond motifs is 2. The van der Waals surface area contributed by atoms with Gasteiger partial charge < -0.3 is 25.3 Å². The van der Waals surface area contributed by atoms with Gasteiger partial charge in [-0.25, -0.2) is 4.98 Å². The van der Waals surface area contributed by atoms with Crippen LogP contribution in [0.4, 0.5) is 17.3 Å². The fourth-order valence-corrected chi connectivity index (χ4v) is 6.23. The predicted molar refractivity (Wildman–Crippen MR) is 150 cm³/mol. The van der Waals surface area contributed by atoms with Gasteiger partial charge in [-0.15, -0.1) is 36.2 Å². The van der Waals surface area contributed by atoms with Crippen LogP contribution in [-0.4, -0.2) is 63.9 Å². The van der Waals surface area contributed by atoms with Crippen LogP contribution in [0.25, 0.3) is 10.1 Å². The summed E-state index contributed by atoms with van der Waals surface area (Å²) in [5.41, 5.74) is 4.50. The average Bonchev–Trinajstić information content (AvgIpc) is 3.37. The van der Waals surface area contributed by atoms with E-state index in [4.69, 9.17) is 4.98 Å². The summed E-state index contributed by atoms with van der Waals surface area (Å²) in [5.74, 6) is 1.98. The summed E-state index contributed by atoms with van der Waals surface area (Å²) in [7, 11) is 0. The van der Waals surface area contributed by atoms with Gasteiger partial charge in [0.05, 0.1) is 5.56 Å². The second-order valence-electron chi connectivity index (χ2n) is 8.96. The Morgan fingerprint density at radius 1 is 0.829 bits per heavy atom. The Hall–Kier alpha value is -2.28. The van der Waals surface area contributed by atoms with Crippen LogP contribution in [-0.2, 0) is 13.0 Å². The van der Waals surface area contributed by atoms with Crippen molar-refractivity contribution in [3.8, 4) is 6.07 Å². The van der Waals surface area contributed by atoms with Crippen molar-refractivity contribution in [1.82, 2.24) is 15.6 Å². The first kappa shape index (κ1) is 25.8. The number of rotatable bonds is 3. The number of piperazine rings is 2. The molecule has 0 saturated carbocycles. The number of pyridine rings is 1. The van der Waals surface area contributed by atoms with E-state index < -0.39 is 0 Å². The first-order valence-corrected chi connectivity index (χ1v) is 12.8. The zero-order chi connectivity index (χ0) is 22.2. The van der Waals surface area contributed by atoms with Crippen LogP contribution in [0.5, 0.6) is 0 Å². The monoisotopic (exact) mass is 531 g/mol. The van der Waals surface area contributed by atoms with E-state index >= 15 is 0 Å². The van der Waals surface area contributed by atoms with Gasteiger partial charge >= 0.3 is 0 Å². The molecule has 35 heavy (non-hydrogen) atoms. The minimum atomic E-state index is 0. The van der Waals surface area contributed by atoms with Gasteiger partial charge in [-0.05, 0) is 35.6 Å². The summed E-state index contributed by atoms with van der Waals surface area (Å²) in [4.78, 5) is 12.4. The molecule has 0 radical (unpaired) electrons. The van der Waals surface area contributed by atoms with E-state index in [9.17, 15) is 5.26 Å². The summed E-state index contributed by atoms with van der Waals surface area (Å²) in [5, 5.41) is 20.7. The van der Waals surface area contributed by atoms with Gasteiger partial charge in [0.1, 0.15) is 17.7 Å². The van der Waals surface area contributed by atoms with Crippen LogP contribution >= 0.6 is 36.2 Å². The molecule has 3 aliphatic heterocycles. The topological polar surface area (TPSA) is 70.5 Å². The van der Waals surface area contributed by atoms with Crippen molar-refractivity contribution < 1.29 is 0 Å². The lowest BCUT2D eigenvalue weighted by Crippen LogP contribution is -2.46. The highest BCUT2D eigenvalue weighted by Crippen LogP contribution is 2.39. The molecule has 2 aromatic heterocycles. The van der Waals surface area contributed by atoms with Crippen LogP contribution in [0.3, 0.4) is 0 Å². The second kappa shape index (κ2) is 11.2. The number of hydrogen-bond donors (Lipinski definition) is 2. The van der Waals surface area contributed by atoms with Crippen molar-refractivity contribution in [2.24, 2.45) is 0 Å². The number of halogens is 2. The van der Waals surface area contributed by atoms with Gasteiger partial charge in [0.15, 0.2) is 0 Å². The van der Waals surface area contributed by atoms with Crippen LogP contribution in [0.15, 0.2) is 29.6 Å². The molecule has 3 aromatic rings. The van der Waals surface area contributed by atoms with Gasteiger partial charge in [-0.2, -0.15) is 5.26 Å². The number of thiophene rings is 1. The molecule has 3 aliphatic rings. The van der Waals surface area contributed by atoms with Crippen molar-refractivity contribution in [3.05, 3.63) is 46.3 Å². The number of anilines is 3. The highest BCUT2D eigenvalue weighted by atomic mass is 35.5. The lowest BCUT2D eigenvalue weighted by Gasteiger charge is -2.38. The number of benzene rings is 1. The summed E-state index contributed by atoms with van der Waals surface area (Å²) < 4.78 is 1.32. The van der Waals surface area contributed by atoms with Gasteiger partial charge in [0, 0.05) is 86.8 Å². The third-order valence-electron chi connectivity index (χ3n) is 7.11. The maximum absolute atomic E-state index is 10.3. The number of hydrogen-bond acceptors (Lipinski definition) is 8. The molecule has 2 saturated heterocycles. The smallest absolute Gasteiger partial charge is 0.149 e. The van der Waals surface area contributed by atoms with Crippen molar-refractivity contribution >= 4 is 63.6 Å². The van der Waals surface area contributed by atoms with E-state index in [1.54, 1.807) is 11.3 Å². The Morgan fingerprint density at radius 3 is 2.20 bits per heavy atom. The summed E-state index contributed by atoms with van der Waals surface area (Å²) in [6.07, 6.45) is 0.915. The molecule has 1 aromatic carbocycles. The molecular formula is C25H31Cl2N7S. The summed E-state index contributed by atoms with van der Waals surface area (Å²) >= 11 is 1.79. The third-order valence-corrected chi connectivity index (χ3v) is 7.99. The van der Waals surface area contributed by atoms with E-state index in [1.807, 2.05) is 0 Å². The minimum Gasteiger partial charge on any atom is -0.366 e. The maximum Gasteiger partial charge on any atom is 0.149 e. The van der Waals surface area contributed by atoms with Crippen LogP contribution < -0.4 is 25.3 Å². The molecule has 0 atom stereocenters. The van der Waals surface area contributed by atoms with Crippen molar-refractivity contribution in [1.29, 1.82) is 5.26 Å². The molecule has 0 aliphatic carbocycles. The molecule has 6 rings (SSSR count). The van der Waals surface area contributed by atoms with Gasteiger partial charge in [0.2, 0.25) is 0 Å². The fourth-order valence-electron chi connectivity index (χ4n) is 5.42. The van der Waals surface area contributed by atoms with Gasteiger partial charge in [0.25, 0.3) is 0 Å². The summed E-state index contributed by atoms with van der Waals surface area (Å²) in [6, 6.07) is 11.4. The number of nitrogens with one attached hydrogen (secondary N) is 2. The third kappa shape index (κ3) is 4.76. The standard InChI is InChI=1S/C25H29N7S.2ClH/c26-16-20-21-17-32(22-2-1-3-23-19(22)5-15-33-23)10-4-18(21)24(30-11-6-27-7-12-30)29-25(20)31-13-8-28-9-14-31;;/h1-3,5,15,27-28H,4,6-14,17H2;2*1H. The van der Waals surface area contributed by atoms with Crippen LogP contribution in [0.2, 0.25) is 0 Å². The molecule has 2 fully saturated rings. The van der Waals surface area contributed by atoms with Crippen molar-refractivity contribution in [2.45, 2.75) is 13.0 Å². The Kier molecular flexibility index (Phi) is 8.25. The molecule has 0 unspecified atom stereocenters. The zero-order valence-electron chi connectivity index (χ0n) is 19.6. The molecule has 0 bridgehead atoms. The Labute approximate surface area is 222 Å². The number of aromatic nitrogens is 1. The molecule has 0 amide bonds. The lowest BCUT2D eigenvalue weighted by atomic mass is 9.94. The average molecular weight is 533 g/mol. The quantitative estimate of drug-likeness (QED) is 0.536. The second-order valence-corrected chi connectivity index (χ2v) is 9.91. The molecule has 10 heteroatoms. The van der Waals surface area contributed by atoms with E-state index in [0.717, 1.165) is 89.1 Å². The highest BCUT2D eigenvalue weighted by molar-refractivity contribution is 7.17. The Bertz CT molecular complexity index is 1210. The zero-order valence-corrected chi connectivity index (χ0v) is 22.1. The Balaban J connectivity index is 0.00000144. The van der Waals surface area contributed by atoms with E-state index in [1.165, 1.54) is 26.9 Å². The van der Waals surface area contributed by atoms with E-state index in [2.05, 4.69) is 61.0 Å². The highest BCUT2D eigenvalue weighted by Gasteiger charge is 2.31. The molecule has 0 spiro atoms. The van der Waals surface area contributed by atoms with Crippen molar-refractivity contribution in [3.63, 3.8) is 0 Å². The largest absolute Gasteiger partial charge is 0.366 e. The molecular weight excluding hydrogens is 501 g/mol. The van der Waals surface area contributed by atoms with Gasteiger partial charge in [-0.1, -0.05) is 6.07 Å². The Morgan fingerprint density at radius 2 is 1.51 bits per heavy atom. The maximum atomic E-state index is 10.3. The molecule has 5 heterocycles. The number of nitrogens with zero attached hydrogens (tertiary/aromatic N) is 5. The van der Waals surface area contributed by atoms with E-state index in [-0.39, 0.29) is 24.8 Å². The molecule has 2 N–H and O–H groups in total. The van der Waals surface area contributed by atoms with Crippen LogP contribution in [0.1, 0.15) is 16.7 Å². The van der Waals surface area contributed by atoms with E-state index in [0.29, 0.717) is 0 Å². The SMILES string of the molecule is Cl.Cl.N#Cc1c(N2CCNCC2)nc(N2CCNCC2)c2c1CN(c1cccc3sccc13)CC2. The first-order valence-electron chi connectivity index (χ1n) is 11.9. The summed E-state index contributed by atoms with van der Waals surface area (Å²) in [6.45, 7) is 9.22. The predicted octanol–water partition coefficient (Wildman–Crippen LogP) is 3.39. The fraction of sp³-hybridized carbons (Fsp3) is 0.440.